The molecule has 0 spiro atoms. The van der Waals surface area contributed by atoms with Crippen molar-refractivity contribution in [3.8, 4) is 56.3 Å². The molecule has 4 aromatic heterocycles. The Balaban J connectivity index is 0.00000812. The number of carboxylic acids is 1. The molecule has 1 N–H and O–H groups in total. The van der Waals surface area contributed by atoms with Gasteiger partial charge in [-0.25, -0.2) is 14.8 Å². The summed E-state index contributed by atoms with van der Waals surface area (Å²) in [7, 11) is 0. The van der Waals surface area contributed by atoms with E-state index in [0.29, 0.717) is 28.9 Å². The average molecular weight is 1350 g/mol. The molecule has 0 radical (unpaired) electrons. The summed E-state index contributed by atoms with van der Waals surface area (Å²) in [6.07, 6.45) is 8.52. The van der Waals surface area contributed by atoms with Gasteiger partial charge in [0.2, 0.25) is 0 Å². The van der Waals surface area contributed by atoms with E-state index in [4.69, 9.17) is 19.9 Å². The van der Waals surface area contributed by atoms with Crippen LogP contribution in [-0.4, -0.2) is 25.6 Å². The quantitative estimate of drug-likeness (QED) is 0.0739. The summed E-state index contributed by atoms with van der Waals surface area (Å²) in [6, 6.07) is 59.7. The van der Waals surface area contributed by atoms with Crippen molar-refractivity contribution in [3.05, 3.63) is 259 Å². The number of nitrogens with zero attached hydrogens (tertiary/aromatic N) is 5. The van der Waals surface area contributed by atoms with E-state index < -0.39 is 5.97 Å². The Morgan fingerprint density at radius 1 is 0.430 bits per heavy atom. The molecule has 0 atom stereocenters. The number of aromatic nitrogens is 5. The predicted molar refractivity (Wildman–Crippen MR) is 416 cm³/mol. The SMILES string of the molecule is Cc1cc(C)c(-c2c3nc(c(-c4cc5c6c7c4cccc7c4cccc7c(-c8ccc(C(C)(C)C)cc8)cc(c6c74)n5Cc4cc(C(C)(C)C)cc(C(C)(C)C)c4)c4ccc([n-]4)c(-c4c(C)cc(C)cc4C)c4nc(c(C#Cc5ccc(C(=O)O)cc5)c5ccc2[n-]5)C=C4)C=C3)c(C)c1.[Zn+2]. The Bertz CT molecular complexity index is 5960. The maximum Gasteiger partial charge on any atom is 2.00 e. The molecule has 0 fully saturated rings. The van der Waals surface area contributed by atoms with E-state index in [2.05, 4.69) is 272 Å². The molecular formula is C92H79N5O2Zn. The van der Waals surface area contributed by atoms with Gasteiger partial charge in [-0.1, -0.05) is 213 Å². The fourth-order valence-corrected chi connectivity index (χ4v) is 16.0. The largest absolute Gasteiger partial charge is 2.00 e. The van der Waals surface area contributed by atoms with E-state index in [-0.39, 0.29) is 41.3 Å². The summed E-state index contributed by atoms with van der Waals surface area (Å²) in [4.78, 5) is 35.0. The molecule has 7 nitrogen and oxygen atoms in total. The van der Waals surface area contributed by atoms with E-state index in [9.17, 15) is 9.90 Å². The number of aromatic carboxylic acids is 1. The van der Waals surface area contributed by atoms with Crippen LogP contribution in [0.1, 0.15) is 162 Å². The molecule has 100 heavy (non-hydrogen) atoms. The Labute approximate surface area is 598 Å². The number of benzene rings is 10. The number of carboxylic acid groups (broad SMARTS) is 1. The fraction of sp³-hybridized carbons (Fsp3) is 0.207. The van der Waals surface area contributed by atoms with Crippen LogP contribution in [0.4, 0.5) is 0 Å². The van der Waals surface area contributed by atoms with Crippen LogP contribution < -0.4 is 9.97 Å². The third kappa shape index (κ3) is 11.0. The van der Waals surface area contributed by atoms with Crippen LogP contribution >= 0.6 is 0 Å². The number of carbonyl (C=O) groups is 1. The van der Waals surface area contributed by atoms with Crippen molar-refractivity contribution in [1.29, 1.82) is 0 Å². The Kier molecular flexibility index (Phi) is 15.6. The minimum Gasteiger partial charge on any atom is -0.657 e. The van der Waals surface area contributed by atoms with Crippen molar-refractivity contribution >= 4 is 106 Å². The summed E-state index contributed by atoms with van der Waals surface area (Å²) < 4.78 is 2.64. The zero-order chi connectivity index (χ0) is 69.0. The minimum absolute atomic E-state index is 0. The molecule has 10 aromatic carbocycles. The second kappa shape index (κ2) is 23.9. The van der Waals surface area contributed by atoms with Gasteiger partial charge in [0.15, 0.2) is 0 Å². The van der Waals surface area contributed by atoms with E-state index in [1.165, 1.54) is 87.7 Å². The van der Waals surface area contributed by atoms with Crippen LogP contribution in [0.2, 0.25) is 0 Å². The molecule has 8 heteroatoms. The monoisotopic (exact) mass is 1350 g/mol. The summed E-state index contributed by atoms with van der Waals surface area (Å²) >= 11 is 0. The number of rotatable bonds is 7. The normalized spacial score (nSPS) is 12.6. The van der Waals surface area contributed by atoms with E-state index in [1.807, 2.05) is 12.1 Å². The summed E-state index contributed by atoms with van der Waals surface area (Å²) in [6.45, 7) is 34.5. The van der Waals surface area contributed by atoms with Crippen LogP contribution in [0.25, 0.3) is 145 Å². The average Bonchev–Trinajstić information content (AvgIpc) is 1.48. The van der Waals surface area contributed by atoms with Crippen molar-refractivity contribution in [3.63, 3.8) is 0 Å². The zero-order valence-corrected chi connectivity index (χ0v) is 62.9. The number of hydrogen-bond acceptors (Lipinski definition) is 3. The van der Waals surface area contributed by atoms with Crippen LogP contribution in [0.15, 0.2) is 164 Å². The molecule has 2 aliphatic heterocycles. The molecule has 8 bridgehead atoms. The first-order chi connectivity index (χ1) is 47.2. The first kappa shape index (κ1) is 65.5. The first-order valence-electron chi connectivity index (χ1n) is 34.6. The molecule has 0 unspecified atom stereocenters. The van der Waals surface area contributed by atoms with Crippen molar-refractivity contribution in [2.45, 2.75) is 127 Å². The maximum atomic E-state index is 11.9. The molecule has 2 aliphatic rings. The molecule has 0 aliphatic carbocycles. The van der Waals surface area contributed by atoms with Gasteiger partial charge in [-0.15, -0.1) is 22.1 Å². The second-order valence-corrected chi connectivity index (χ2v) is 31.0. The standard InChI is InChI=1S/C92H80N5O2.Zn/c1-50-40-52(3)80(53(4)41-50)85-74-34-32-70(93-74)67(31-24-56-22-25-59(26-23-56)89(98)99)71-33-35-75(94-71)86(81-54(5)42-51(2)43-55(81)6)77-39-37-73(96-77)84(72-36-38-76(85)95-72)69-48-79-88-83-64(19-17-21-66(69)83)63-18-16-20-65-68(58-27-29-60(30-28-58)90(7,8)9)47-78(87(88)82(63)65)97(79)49-57-44-61(91(10,11)12)46-62(45-57)92(13,14)15;/h16-23,25-30,32-48H,49H2,1-15H3,(H2-,93,94,95,96,98,99);/q-1;+2/p-1. The van der Waals surface area contributed by atoms with Gasteiger partial charge in [0, 0.05) is 39.2 Å². The summed E-state index contributed by atoms with van der Waals surface area (Å²) in [5.41, 5.74) is 30.0. The third-order valence-corrected chi connectivity index (χ3v) is 20.7. The Morgan fingerprint density at radius 3 is 1.36 bits per heavy atom. The molecular weight excluding hydrogens is 1270 g/mol. The predicted octanol–water partition coefficient (Wildman–Crippen LogP) is 22.9. The molecule has 14 aromatic rings. The van der Waals surface area contributed by atoms with Gasteiger partial charge < -0.3 is 19.6 Å². The topological polar surface area (TPSA) is 96.2 Å². The van der Waals surface area contributed by atoms with Crippen molar-refractivity contribution < 1.29 is 29.4 Å². The maximum absolute atomic E-state index is 11.9. The Hall–Kier alpha value is -10.4. The smallest absolute Gasteiger partial charge is 0.657 e. The van der Waals surface area contributed by atoms with Gasteiger partial charge in [0.25, 0.3) is 0 Å². The first-order valence-corrected chi connectivity index (χ1v) is 34.6. The molecule has 6 heterocycles. The summed E-state index contributed by atoms with van der Waals surface area (Å²) in [5.74, 6) is 5.89. The third-order valence-electron chi connectivity index (χ3n) is 20.7. The zero-order valence-electron chi connectivity index (χ0n) is 59.9. The van der Waals surface area contributed by atoms with E-state index in [1.54, 1.807) is 24.3 Å². The Morgan fingerprint density at radius 2 is 0.860 bits per heavy atom. The number of hydrogen-bond donors (Lipinski definition) is 1. The molecule has 16 rings (SSSR count). The van der Waals surface area contributed by atoms with Crippen LogP contribution in [0, 0.1) is 53.4 Å². The molecule has 486 valence electrons. The molecule has 0 saturated heterocycles. The van der Waals surface area contributed by atoms with Gasteiger partial charge in [-0.05, 0) is 229 Å². The van der Waals surface area contributed by atoms with Gasteiger partial charge in [-0.3, -0.25) is 0 Å². The van der Waals surface area contributed by atoms with Crippen LogP contribution in [0.5, 0.6) is 0 Å². The van der Waals surface area contributed by atoms with Gasteiger partial charge in [0.1, 0.15) is 0 Å². The molecule has 0 amide bonds. The van der Waals surface area contributed by atoms with Gasteiger partial charge in [-0.2, -0.15) is 0 Å². The summed E-state index contributed by atoms with van der Waals surface area (Å²) in [5, 5.41) is 19.6. The van der Waals surface area contributed by atoms with Crippen LogP contribution in [0.3, 0.4) is 0 Å². The van der Waals surface area contributed by atoms with E-state index in [0.717, 1.165) is 100 Å². The van der Waals surface area contributed by atoms with Crippen molar-refractivity contribution in [1.82, 2.24) is 24.5 Å². The molecule has 0 saturated carbocycles. The van der Waals surface area contributed by atoms with Crippen molar-refractivity contribution in [2.24, 2.45) is 0 Å². The minimum atomic E-state index is -0.992. The van der Waals surface area contributed by atoms with Crippen molar-refractivity contribution in [2.75, 3.05) is 0 Å². The fourth-order valence-electron chi connectivity index (χ4n) is 16.0. The van der Waals surface area contributed by atoms with E-state index >= 15 is 0 Å². The van der Waals surface area contributed by atoms with Crippen LogP contribution in [-0.2, 0) is 42.3 Å². The van der Waals surface area contributed by atoms with Gasteiger partial charge in [0.05, 0.1) is 39.4 Å². The van der Waals surface area contributed by atoms with Gasteiger partial charge >= 0.3 is 25.4 Å². The number of fused-ring (bicyclic) bond motifs is 9. The second-order valence-electron chi connectivity index (χ2n) is 31.0. The number of aryl methyl sites for hydroxylation is 6.